The van der Waals surface area contributed by atoms with Gasteiger partial charge in [0, 0.05) is 14.2 Å². The van der Waals surface area contributed by atoms with Crippen LogP contribution in [0.2, 0.25) is 0 Å². The van der Waals surface area contributed by atoms with Gasteiger partial charge in [-0.05, 0) is 6.92 Å². The van der Waals surface area contributed by atoms with Gasteiger partial charge in [-0.1, -0.05) is 0 Å². The smallest absolute Gasteiger partial charge is 0.181 e. The quantitative estimate of drug-likeness (QED) is 0.403. The molecule has 1 atom stereocenters. The zero-order chi connectivity index (χ0) is 12.2. The molecule has 0 aliphatic carbocycles. The van der Waals surface area contributed by atoms with Crippen LogP contribution in [0.1, 0.15) is 6.92 Å². The van der Waals surface area contributed by atoms with E-state index in [4.69, 9.17) is 28.8 Å². The lowest BCUT2D eigenvalue weighted by atomic mass is 10.6. The summed E-state index contributed by atoms with van der Waals surface area (Å²) in [7, 11) is 3.19. The maximum Gasteiger partial charge on any atom is 0.181 e. The second-order valence-corrected chi connectivity index (χ2v) is 3.09. The van der Waals surface area contributed by atoms with Gasteiger partial charge in [0.25, 0.3) is 0 Å². The summed E-state index contributed by atoms with van der Waals surface area (Å²) >= 11 is 0. The lowest BCUT2D eigenvalue weighted by molar-refractivity contribution is -0.208. The molecule has 0 aliphatic heterocycles. The third-order valence-corrected chi connectivity index (χ3v) is 1.66. The topological polar surface area (TPSA) is 66.4 Å². The molecule has 0 spiro atoms. The highest BCUT2D eigenvalue weighted by Gasteiger charge is 2.11. The third-order valence-electron chi connectivity index (χ3n) is 1.66. The van der Waals surface area contributed by atoms with Gasteiger partial charge in [-0.15, -0.1) is 0 Å². The van der Waals surface area contributed by atoms with Crippen LogP contribution in [0.25, 0.3) is 0 Å². The Labute approximate surface area is 96.4 Å². The zero-order valence-electron chi connectivity index (χ0n) is 10.2. The van der Waals surface area contributed by atoms with E-state index >= 15 is 0 Å². The van der Waals surface area contributed by atoms with E-state index in [2.05, 4.69) is 0 Å². The van der Waals surface area contributed by atoms with Crippen molar-refractivity contribution in [1.82, 2.24) is 0 Å². The van der Waals surface area contributed by atoms with Gasteiger partial charge in [-0.25, -0.2) is 0 Å². The highest BCUT2D eigenvalue weighted by Crippen LogP contribution is 1.98. The van der Waals surface area contributed by atoms with Crippen molar-refractivity contribution in [3.63, 3.8) is 0 Å². The van der Waals surface area contributed by atoms with Crippen LogP contribution in [-0.2, 0) is 23.7 Å². The van der Waals surface area contributed by atoms with Crippen molar-refractivity contribution in [2.75, 3.05) is 47.3 Å². The van der Waals surface area contributed by atoms with Crippen LogP contribution in [-0.4, -0.2) is 64.9 Å². The summed E-state index contributed by atoms with van der Waals surface area (Å²) in [4.78, 5) is 0. The highest BCUT2D eigenvalue weighted by atomic mass is 16.7. The van der Waals surface area contributed by atoms with Crippen LogP contribution in [0.5, 0.6) is 0 Å². The maximum absolute atomic E-state index is 8.96. The van der Waals surface area contributed by atoms with Crippen molar-refractivity contribution in [2.45, 2.75) is 19.5 Å². The van der Waals surface area contributed by atoms with Gasteiger partial charge in [0.2, 0.25) is 0 Å². The Bertz CT molecular complexity index is 131. The molecule has 6 nitrogen and oxygen atoms in total. The van der Waals surface area contributed by atoms with Crippen LogP contribution >= 0.6 is 0 Å². The van der Waals surface area contributed by atoms with E-state index in [9.17, 15) is 0 Å². The predicted octanol–water partition coefficient (Wildman–Crippen LogP) is -0.00660. The molecule has 0 saturated heterocycles. The molecule has 0 rings (SSSR count). The third kappa shape index (κ3) is 10.3. The highest BCUT2D eigenvalue weighted by molar-refractivity contribution is 4.44. The van der Waals surface area contributed by atoms with E-state index in [-0.39, 0.29) is 6.61 Å². The monoisotopic (exact) mass is 238 g/mol. The number of hydrogen-bond acceptors (Lipinski definition) is 6. The molecule has 1 N–H and O–H groups in total. The molecular formula is C10H22O6. The van der Waals surface area contributed by atoms with Gasteiger partial charge in [-0.2, -0.15) is 0 Å². The van der Waals surface area contributed by atoms with Crippen molar-refractivity contribution >= 4 is 0 Å². The standard InChI is InChI=1S/C10H22O6/c1-9(11)16-8-10(14-6-4-12-2)15-7-5-13-3/h9-11H,4-8H2,1-3H3. The van der Waals surface area contributed by atoms with Gasteiger partial charge in [-0.3, -0.25) is 0 Å². The Morgan fingerprint density at radius 2 is 1.38 bits per heavy atom. The molecule has 0 radical (unpaired) electrons. The summed E-state index contributed by atoms with van der Waals surface area (Å²) < 4.78 is 25.4. The number of ether oxygens (including phenoxy) is 5. The molecule has 0 bridgehead atoms. The van der Waals surface area contributed by atoms with Crippen molar-refractivity contribution in [3.8, 4) is 0 Å². The Morgan fingerprint density at radius 3 is 1.75 bits per heavy atom. The van der Waals surface area contributed by atoms with E-state index < -0.39 is 12.6 Å². The number of methoxy groups -OCH3 is 2. The number of rotatable bonds is 11. The van der Waals surface area contributed by atoms with Gasteiger partial charge >= 0.3 is 0 Å². The van der Waals surface area contributed by atoms with Gasteiger partial charge < -0.3 is 28.8 Å². The van der Waals surface area contributed by atoms with E-state index in [1.54, 1.807) is 14.2 Å². The Hall–Kier alpha value is -0.240. The van der Waals surface area contributed by atoms with Crippen LogP contribution in [0.15, 0.2) is 0 Å². The van der Waals surface area contributed by atoms with Crippen molar-refractivity contribution in [2.24, 2.45) is 0 Å². The number of aliphatic hydroxyl groups excluding tert-OH is 1. The number of aliphatic hydroxyl groups is 1. The van der Waals surface area contributed by atoms with Crippen LogP contribution in [0.3, 0.4) is 0 Å². The molecule has 0 aromatic carbocycles. The fourth-order valence-corrected chi connectivity index (χ4v) is 0.888. The number of hydrogen-bond donors (Lipinski definition) is 1. The molecule has 0 aromatic heterocycles. The minimum absolute atomic E-state index is 0.172. The molecule has 16 heavy (non-hydrogen) atoms. The lowest BCUT2D eigenvalue weighted by Gasteiger charge is -2.19. The van der Waals surface area contributed by atoms with Crippen molar-refractivity contribution in [1.29, 1.82) is 0 Å². The Kier molecular flexibility index (Phi) is 11.1. The Morgan fingerprint density at radius 1 is 0.875 bits per heavy atom. The fourth-order valence-electron chi connectivity index (χ4n) is 0.888. The molecule has 6 heteroatoms. The van der Waals surface area contributed by atoms with E-state index in [1.165, 1.54) is 6.92 Å². The van der Waals surface area contributed by atoms with E-state index in [1.807, 2.05) is 0 Å². The first-order chi connectivity index (χ1) is 7.70. The molecule has 0 amide bonds. The summed E-state index contributed by atoms with van der Waals surface area (Å²) in [5.41, 5.74) is 0. The second kappa shape index (κ2) is 11.3. The molecular weight excluding hydrogens is 216 g/mol. The Balaban J connectivity index is 3.67. The molecule has 0 aliphatic rings. The largest absolute Gasteiger partial charge is 0.382 e. The minimum Gasteiger partial charge on any atom is -0.382 e. The van der Waals surface area contributed by atoms with Crippen LogP contribution in [0.4, 0.5) is 0 Å². The van der Waals surface area contributed by atoms with Gasteiger partial charge in [0.15, 0.2) is 12.6 Å². The summed E-state index contributed by atoms with van der Waals surface area (Å²) in [5, 5.41) is 8.96. The SMILES string of the molecule is COCCOC(COC(C)O)OCCOC. The average Bonchev–Trinajstić information content (AvgIpc) is 2.25. The predicted molar refractivity (Wildman–Crippen MR) is 57.1 cm³/mol. The summed E-state index contributed by atoms with van der Waals surface area (Å²) in [6.45, 7) is 3.50. The summed E-state index contributed by atoms with van der Waals surface area (Å²) in [6, 6.07) is 0. The first-order valence-corrected chi connectivity index (χ1v) is 5.21. The second-order valence-electron chi connectivity index (χ2n) is 3.09. The first kappa shape index (κ1) is 15.8. The van der Waals surface area contributed by atoms with Gasteiger partial charge in [0.1, 0.15) is 6.61 Å². The van der Waals surface area contributed by atoms with Crippen LogP contribution in [0, 0.1) is 0 Å². The minimum atomic E-state index is -0.834. The lowest BCUT2D eigenvalue weighted by Crippen LogP contribution is -2.28. The van der Waals surface area contributed by atoms with Crippen molar-refractivity contribution in [3.05, 3.63) is 0 Å². The molecule has 0 saturated carbocycles. The first-order valence-electron chi connectivity index (χ1n) is 5.21. The van der Waals surface area contributed by atoms with Crippen molar-refractivity contribution < 1.29 is 28.8 Å². The van der Waals surface area contributed by atoms with E-state index in [0.29, 0.717) is 26.4 Å². The average molecular weight is 238 g/mol. The maximum atomic E-state index is 8.96. The molecule has 98 valence electrons. The summed E-state index contributed by atoms with van der Waals surface area (Å²) in [5.74, 6) is 0. The summed E-state index contributed by atoms with van der Waals surface area (Å²) in [6.07, 6.45) is -1.35. The van der Waals surface area contributed by atoms with Crippen LogP contribution < -0.4 is 0 Å². The van der Waals surface area contributed by atoms with Gasteiger partial charge in [0.05, 0.1) is 26.4 Å². The normalized spacial score (nSPS) is 13.3. The molecule has 1 unspecified atom stereocenters. The molecule has 0 aromatic rings. The zero-order valence-corrected chi connectivity index (χ0v) is 10.2. The molecule has 0 heterocycles. The fraction of sp³-hybridized carbons (Fsp3) is 1.00. The molecule has 0 fully saturated rings. The van der Waals surface area contributed by atoms with E-state index in [0.717, 1.165) is 0 Å².